The van der Waals surface area contributed by atoms with Crippen molar-refractivity contribution >= 4 is 5.97 Å². The summed E-state index contributed by atoms with van der Waals surface area (Å²) in [6.07, 6.45) is 15.4. The smallest absolute Gasteiger partial charge is 0.302 e. The van der Waals surface area contributed by atoms with Crippen LogP contribution in [-0.2, 0) is 9.53 Å². The summed E-state index contributed by atoms with van der Waals surface area (Å²) in [5.74, 6) is -0.340. The fourth-order valence-electron chi connectivity index (χ4n) is 3.79. The van der Waals surface area contributed by atoms with Gasteiger partial charge in [-0.3, -0.25) is 4.79 Å². The number of aliphatic hydroxyl groups is 3. The molecule has 0 amide bonds. The van der Waals surface area contributed by atoms with Crippen LogP contribution in [0.5, 0.6) is 0 Å². The molecule has 0 heterocycles. The molecule has 5 nitrogen and oxygen atoms in total. The molecule has 162 valence electrons. The summed E-state index contributed by atoms with van der Waals surface area (Å²) in [5, 5.41) is 30.6. The summed E-state index contributed by atoms with van der Waals surface area (Å²) in [6, 6.07) is 0. The average Bonchev–Trinajstić information content (AvgIpc) is 2.91. The molecule has 0 spiro atoms. The van der Waals surface area contributed by atoms with E-state index >= 15 is 0 Å². The Morgan fingerprint density at radius 3 is 2.61 bits per heavy atom. The zero-order valence-corrected chi connectivity index (χ0v) is 17.6. The molecule has 28 heavy (non-hydrogen) atoms. The predicted molar refractivity (Wildman–Crippen MR) is 112 cm³/mol. The van der Waals surface area contributed by atoms with Crippen molar-refractivity contribution in [3.8, 4) is 0 Å². The fourth-order valence-corrected chi connectivity index (χ4v) is 3.79. The maximum absolute atomic E-state index is 10.7. The van der Waals surface area contributed by atoms with Crippen LogP contribution in [0.4, 0.5) is 0 Å². The molecule has 0 aromatic heterocycles. The van der Waals surface area contributed by atoms with Crippen LogP contribution >= 0.6 is 0 Å². The number of aliphatic hydroxyl groups excluding tert-OH is 3. The molecule has 1 saturated carbocycles. The van der Waals surface area contributed by atoms with Gasteiger partial charge in [0.2, 0.25) is 0 Å². The summed E-state index contributed by atoms with van der Waals surface area (Å²) in [5.41, 5.74) is 0. The van der Waals surface area contributed by atoms with Gasteiger partial charge in [0.15, 0.2) is 0 Å². The number of carbonyl (C=O) groups excluding carboxylic acids is 1. The molecule has 1 fully saturated rings. The van der Waals surface area contributed by atoms with Crippen molar-refractivity contribution in [3.05, 3.63) is 24.3 Å². The molecule has 1 aliphatic rings. The highest BCUT2D eigenvalue weighted by molar-refractivity contribution is 5.65. The molecule has 0 radical (unpaired) electrons. The molecule has 0 aromatic carbocycles. The van der Waals surface area contributed by atoms with E-state index in [1.54, 1.807) is 6.08 Å². The van der Waals surface area contributed by atoms with Gasteiger partial charge in [-0.15, -0.1) is 0 Å². The Bertz CT molecular complexity index is 474. The minimum Gasteiger partial charge on any atom is -0.466 e. The third-order valence-corrected chi connectivity index (χ3v) is 5.47. The lowest BCUT2D eigenvalue weighted by molar-refractivity contribution is -0.141. The first-order chi connectivity index (χ1) is 13.5. The van der Waals surface area contributed by atoms with E-state index in [-0.39, 0.29) is 17.8 Å². The highest BCUT2D eigenvalue weighted by Crippen LogP contribution is 2.36. The summed E-state index contributed by atoms with van der Waals surface area (Å²) in [4.78, 5) is 10.7. The summed E-state index contributed by atoms with van der Waals surface area (Å²) < 4.78 is 4.91. The lowest BCUT2D eigenvalue weighted by atomic mass is 9.89. The first kappa shape index (κ1) is 24.9. The molecule has 0 unspecified atom stereocenters. The lowest BCUT2D eigenvalue weighted by Gasteiger charge is -2.19. The number of esters is 1. The van der Waals surface area contributed by atoms with Crippen molar-refractivity contribution in [1.29, 1.82) is 0 Å². The minimum atomic E-state index is -0.547. The second-order valence-corrected chi connectivity index (χ2v) is 7.96. The van der Waals surface area contributed by atoms with E-state index in [4.69, 9.17) is 4.74 Å². The number of carbonyl (C=O) groups is 1. The molecule has 0 bridgehead atoms. The summed E-state index contributed by atoms with van der Waals surface area (Å²) in [7, 11) is 0. The molecular formula is C23H40O5. The van der Waals surface area contributed by atoms with Crippen LogP contribution in [0.25, 0.3) is 0 Å². The van der Waals surface area contributed by atoms with Crippen molar-refractivity contribution in [2.45, 2.75) is 96.4 Å². The normalized spacial score (nSPS) is 26.3. The quantitative estimate of drug-likeness (QED) is 0.235. The number of allylic oxidation sites excluding steroid dienone is 2. The van der Waals surface area contributed by atoms with Crippen molar-refractivity contribution < 1.29 is 24.9 Å². The van der Waals surface area contributed by atoms with Gasteiger partial charge in [-0.2, -0.15) is 0 Å². The van der Waals surface area contributed by atoms with Crippen molar-refractivity contribution in [2.24, 2.45) is 11.8 Å². The van der Waals surface area contributed by atoms with Gasteiger partial charge in [-0.05, 0) is 44.4 Å². The van der Waals surface area contributed by atoms with Gasteiger partial charge in [0.25, 0.3) is 0 Å². The molecule has 0 aromatic rings. The molecule has 1 rings (SSSR count). The van der Waals surface area contributed by atoms with Gasteiger partial charge in [-0.1, -0.05) is 50.5 Å². The third kappa shape index (κ3) is 10.4. The number of ether oxygens (including phenoxy) is 1. The summed E-state index contributed by atoms with van der Waals surface area (Å²) >= 11 is 0. The second-order valence-electron chi connectivity index (χ2n) is 7.96. The van der Waals surface area contributed by atoms with Crippen molar-refractivity contribution in [1.82, 2.24) is 0 Å². The third-order valence-electron chi connectivity index (χ3n) is 5.47. The Hall–Kier alpha value is -1.17. The SMILES string of the molecule is CCCCC[C@H](O)C=C[C@@H]1[C@@H](CC=CCCCCCOC(C)=O)[C@@H](O)C[C@H]1O. The van der Waals surface area contributed by atoms with Gasteiger partial charge in [-0.25, -0.2) is 0 Å². The van der Waals surface area contributed by atoms with E-state index in [9.17, 15) is 20.1 Å². The topological polar surface area (TPSA) is 87.0 Å². The molecular weight excluding hydrogens is 356 g/mol. The number of hydrogen-bond donors (Lipinski definition) is 3. The number of hydrogen-bond acceptors (Lipinski definition) is 5. The van der Waals surface area contributed by atoms with Gasteiger partial charge >= 0.3 is 5.97 Å². The van der Waals surface area contributed by atoms with E-state index in [0.717, 1.165) is 57.8 Å². The largest absolute Gasteiger partial charge is 0.466 e. The minimum absolute atomic E-state index is 0.00527. The Labute approximate surface area is 170 Å². The maximum atomic E-state index is 10.7. The first-order valence-corrected chi connectivity index (χ1v) is 11.0. The van der Waals surface area contributed by atoms with Crippen molar-refractivity contribution in [3.63, 3.8) is 0 Å². The second kappa shape index (κ2) is 14.8. The standard InChI is InChI=1S/C23H40O5/c1-3-4-9-12-19(25)14-15-21-20(22(26)17-23(21)27)13-10-7-5-6-8-11-16-28-18(2)24/h7,10,14-15,19-23,25-27H,3-6,8-9,11-13,16-17H2,1-2H3/t19-,20+,21+,22-,23+/m0/s1. The molecule has 3 N–H and O–H groups in total. The molecule has 5 heteroatoms. The average molecular weight is 397 g/mol. The Morgan fingerprint density at radius 2 is 1.89 bits per heavy atom. The Kier molecular flexibility index (Phi) is 13.1. The van der Waals surface area contributed by atoms with Gasteiger partial charge in [0, 0.05) is 19.3 Å². The van der Waals surface area contributed by atoms with E-state index in [0.29, 0.717) is 13.0 Å². The van der Waals surface area contributed by atoms with Crippen LogP contribution in [-0.4, -0.2) is 46.2 Å². The van der Waals surface area contributed by atoms with Gasteiger partial charge < -0.3 is 20.1 Å². The molecule has 0 saturated heterocycles. The van der Waals surface area contributed by atoms with E-state index in [1.165, 1.54) is 6.92 Å². The molecule has 1 aliphatic carbocycles. The van der Waals surface area contributed by atoms with E-state index in [2.05, 4.69) is 19.1 Å². The van der Waals surface area contributed by atoms with Crippen LogP contribution in [0.3, 0.4) is 0 Å². The Morgan fingerprint density at radius 1 is 1.11 bits per heavy atom. The van der Waals surface area contributed by atoms with Crippen LogP contribution in [0, 0.1) is 11.8 Å². The van der Waals surface area contributed by atoms with E-state index < -0.39 is 18.3 Å². The van der Waals surface area contributed by atoms with Gasteiger partial charge in [0.05, 0.1) is 24.9 Å². The van der Waals surface area contributed by atoms with Gasteiger partial charge in [0.1, 0.15) is 0 Å². The predicted octanol–water partition coefficient (Wildman–Crippen LogP) is 3.91. The Balaban J connectivity index is 2.33. The number of unbranched alkanes of at least 4 members (excludes halogenated alkanes) is 5. The maximum Gasteiger partial charge on any atom is 0.302 e. The van der Waals surface area contributed by atoms with Crippen LogP contribution in [0.15, 0.2) is 24.3 Å². The highest BCUT2D eigenvalue weighted by Gasteiger charge is 2.39. The van der Waals surface area contributed by atoms with Crippen LogP contribution in [0.1, 0.15) is 78.1 Å². The van der Waals surface area contributed by atoms with Crippen molar-refractivity contribution in [2.75, 3.05) is 6.61 Å². The monoisotopic (exact) mass is 396 g/mol. The molecule has 5 atom stereocenters. The highest BCUT2D eigenvalue weighted by atomic mass is 16.5. The van der Waals surface area contributed by atoms with E-state index in [1.807, 2.05) is 6.08 Å². The molecule has 0 aliphatic heterocycles. The van der Waals surface area contributed by atoms with Crippen LogP contribution < -0.4 is 0 Å². The number of rotatable bonds is 14. The zero-order valence-electron chi connectivity index (χ0n) is 17.6. The lowest BCUT2D eigenvalue weighted by Crippen LogP contribution is -2.20. The summed E-state index contributed by atoms with van der Waals surface area (Å²) in [6.45, 7) is 4.05. The zero-order chi connectivity index (χ0) is 20.8. The fraction of sp³-hybridized carbons (Fsp3) is 0.783. The first-order valence-electron chi connectivity index (χ1n) is 11.0. The van der Waals surface area contributed by atoms with Crippen LogP contribution in [0.2, 0.25) is 0 Å².